The van der Waals surface area contributed by atoms with Crippen LogP contribution in [0.25, 0.3) is 0 Å². The van der Waals surface area contributed by atoms with Crippen LogP contribution >= 0.6 is 7.82 Å². The van der Waals surface area contributed by atoms with Crippen molar-refractivity contribution >= 4 is 25.5 Å². The van der Waals surface area contributed by atoms with Crippen LogP contribution < -0.4 is 5.73 Å². The van der Waals surface area contributed by atoms with E-state index in [1.807, 2.05) is 0 Å². The van der Waals surface area contributed by atoms with Gasteiger partial charge in [-0.25, -0.2) is 4.57 Å². The van der Waals surface area contributed by atoms with Crippen LogP contribution in [0.2, 0.25) is 0 Å². The lowest BCUT2D eigenvalue weighted by Gasteiger charge is -2.20. The molecule has 1 rings (SSSR count). The summed E-state index contributed by atoms with van der Waals surface area (Å²) in [4.78, 5) is 47.9. The molecule has 0 bridgehead atoms. The molecule has 0 radical (unpaired) electrons. The number of nitrogens with two attached hydrogens (primary N) is 1. The second-order valence-corrected chi connectivity index (χ2v) is 18.1. The number of rotatable bonds is 40. The quantitative estimate of drug-likeness (QED) is 0.0169. The molecule has 0 aromatic rings. The molecule has 0 saturated heterocycles. The molecule has 0 aromatic heterocycles. The number of aliphatic hydroxyl groups is 3. The van der Waals surface area contributed by atoms with Gasteiger partial charge in [0, 0.05) is 50.5 Å². The molecule has 0 aromatic carbocycles. The number of Topliss-reactive ketones (excluding diaryl/α,β-unsaturated/α-hetero) is 1. The van der Waals surface area contributed by atoms with Gasteiger partial charge in [-0.05, 0) is 25.7 Å². The lowest BCUT2D eigenvalue weighted by Crippen LogP contribution is -2.29. The van der Waals surface area contributed by atoms with Crippen molar-refractivity contribution < 1.29 is 57.7 Å². The fourth-order valence-corrected chi connectivity index (χ4v) is 8.34. The van der Waals surface area contributed by atoms with Crippen LogP contribution in [0.3, 0.4) is 0 Å². The SMILES string of the molecule is CCCCCCCCCCCCCCCCCCCC(=O)O[C@H](COC(=O)CCCCC(=O)C[C@@H]1[C@@H](/C=C/[C@@H](O)CCCCC)[C@H](O)C[C@@H]1O)COP(=O)(O)OCCN. The predicted octanol–water partition coefficient (Wildman–Crippen LogP) is 8.95. The third-order valence-corrected chi connectivity index (χ3v) is 12.1. The molecule has 0 heterocycles. The fraction of sp³-hybridized carbons (Fsp3) is 0.889. The Labute approximate surface area is 356 Å². The molecule has 0 spiro atoms. The zero-order valence-corrected chi connectivity index (χ0v) is 37.7. The first-order valence-corrected chi connectivity index (χ1v) is 24.8. The molecular weight excluding hydrogens is 777 g/mol. The van der Waals surface area contributed by atoms with Gasteiger partial charge in [0.05, 0.1) is 31.5 Å². The van der Waals surface area contributed by atoms with E-state index in [0.717, 1.165) is 38.5 Å². The predicted molar refractivity (Wildman–Crippen MR) is 231 cm³/mol. The Balaban J connectivity index is 2.37. The third-order valence-electron chi connectivity index (χ3n) is 11.1. The maximum absolute atomic E-state index is 12.8. The van der Waals surface area contributed by atoms with Gasteiger partial charge in [-0.1, -0.05) is 148 Å². The number of ketones is 1. The number of esters is 2. The van der Waals surface area contributed by atoms with E-state index in [4.69, 9.17) is 24.3 Å². The van der Waals surface area contributed by atoms with E-state index in [2.05, 4.69) is 13.8 Å². The van der Waals surface area contributed by atoms with Gasteiger partial charge in [-0.2, -0.15) is 0 Å². The Hall–Kier alpha value is -1.70. The van der Waals surface area contributed by atoms with Crippen LogP contribution in [0.15, 0.2) is 12.2 Å². The highest BCUT2D eigenvalue weighted by Gasteiger charge is 2.41. The Morgan fingerprint density at radius 2 is 1.20 bits per heavy atom. The maximum Gasteiger partial charge on any atom is 0.472 e. The zero-order valence-electron chi connectivity index (χ0n) is 36.8. The number of hydrogen-bond acceptors (Lipinski definition) is 12. The number of aliphatic hydroxyl groups excluding tert-OH is 3. The molecule has 7 atom stereocenters. The number of carbonyl (C=O) groups excluding carboxylic acids is 3. The maximum atomic E-state index is 12.8. The van der Waals surface area contributed by atoms with E-state index in [9.17, 15) is 39.2 Å². The second kappa shape index (κ2) is 35.9. The normalized spacial score (nSPS) is 20.1. The van der Waals surface area contributed by atoms with Gasteiger partial charge < -0.3 is 35.4 Å². The van der Waals surface area contributed by atoms with Crippen molar-refractivity contribution in [2.75, 3.05) is 26.4 Å². The molecule has 1 fully saturated rings. The third kappa shape index (κ3) is 30.1. The van der Waals surface area contributed by atoms with Crippen molar-refractivity contribution in [1.82, 2.24) is 0 Å². The van der Waals surface area contributed by atoms with Gasteiger partial charge in [-0.3, -0.25) is 23.4 Å². The van der Waals surface area contributed by atoms with Gasteiger partial charge in [0.15, 0.2) is 6.10 Å². The highest BCUT2D eigenvalue weighted by atomic mass is 31.2. The first-order valence-electron chi connectivity index (χ1n) is 23.3. The van der Waals surface area contributed by atoms with Crippen LogP contribution in [0, 0.1) is 11.8 Å². The van der Waals surface area contributed by atoms with Crippen LogP contribution in [-0.2, 0) is 37.5 Å². The van der Waals surface area contributed by atoms with Crippen LogP contribution in [0.1, 0.15) is 194 Å². The average Bonchev–Trinajstić information content (AvgIpc) is 3.47. The van der Waals surface area contributed by atoms with Crippen molar-refractivity contribution in [1.29, 1.82) is 0 Å². The van der Waals surface area contributed by atoms with Crippen LogP contribution in [-0.4, -0.2) is 88.7 Å². The Morgan fingerprint density at radius 3 is 1.78 bits per heavy atom. The summed E-state index contributed by atoms with van der Waals surface area (Å²) in [5.41, 5.74) is 5.34. The number of phosphoric ester groups is 1. The summed E-state index contributed by atoms with van der Waals surface area (Å²) in [6.45, 7) is 3.22. The van der Waals surface area contributed by atoms with E-state index >= 15 is 0 Å². The van der Waals surface area contributed by atoms with E-state index in [0.29, 0.717) is 25.7 Å². The van der Waals surface area contributed by atoms with Gasteiger partial charge in [-0.15, -0.1) is 0 Å². The summed E-state index contributed by atoms with van der Waals surface area (Å²) in [6.07, 6.45) is 25.8. The number of phosphoric acid groups is 1. The van der Waals surface area contributed by atoms with E-state index in [1.165, 1.54) is 83.5 Å². The van der Waals surface area contributed by atoms with Crippen molar-refractivity contribution in [2.45, 2.75) is 218 Å². The minimum absolute atomic E-state index is 0.00177. The second-order valence-electron chi connectivity index (χ2n) is 16.6. The lowest BCUT2D eigenvalue weighted by atomic mass is 9.87. The summed E-state index contributed by atoms with van der Waals surface area (Å²) >= 11 is 0. The topological polar surface area (TPSA) is 212 Å². The van der Waals surface area contributed by atoms with Crippen molar-refractivity contribution in [2.24, 2.45) is 17.6 Å². The lowest BCUT2D eigenvalue weighted by molar-refractivity contribution is -0.161. The monoisotopic (exact) mass is 862 g/mol. The summed E-state index contributed by atoms with van der Waals surface area (Å²) in [5.74, 6) is -2.08. The number of ether oxygens (including phenoxy) is 2. The van der Waals surface area contributed by atoms with Gasteiger partial charge in [0.25, 0.3) is 0 Å². The molecule has 1 aliphatic rings. The smallest absolute Gasteiger partial charge is 0.462 e. The van der Waals surface area contributed by atoms with E-state index in [1.54, 1.807) is 12.2 Å². The standard InChI is InChI=1S/C45H84NO12P/c1-3-5-7-8-9-10-11-12-13-14-15-16-17-18-19-20-22-28-45(52)58-39(36-57-59(53,54)56-32-31-46)35-55-44(51)27-24-23-26-38(48)33-41-40(42(49)34-43(41)50)30-29-37(47)25-21-6-4-2/h29-30,37,39-43,47,49-50H,3-28,31-36,46H2,1-2H3,(H,53,54)/b30-29+/t37-,39+,40+,41+,42+,43-/m0/s1. The molecule has 13 nitrogen and oxygen atoms in total. The van der Waals surface area contributed by atoms with Gasteiger partial charge >= 0.3 is 19.8 Å². The van der Waals surface area contributed by atoms with E-state index in [-0.39, 0.29) is 57.6 Å². The number of carbonyl (C=O) groups is 3. The molecule has 0 amide bonds. The Kier molecular flexibility index (Phi) is 33.6. The molecule has 0 aliphatic heterocycles. The Bertz CT molecular complexity index is 1160. The molecule has 1 unspecified atom stereocenters. The first kappa shape index (κ1) is 55.3. The molecule has 346 valence electrons. The van der Waals surface area contributed by atoms with Crippen molar-refractivity contribution in [3.63, 3.8) is 0 Å². The molecular formula is C45H84NO12P. The summed E-state index contributed by atoms with van der Waals surface area (Å²) in [5, 5.41) is 31.3. The minimum Gasteiger partial charge on any atom is -0.462 e. The van der Waals surface area contributed by atoms with Gasteiger partial charge in [0.2, 0.25) is 0 Å². The Morgan fingerprint density at radius 1 is 0.695 bits per heavy atom. The molecule has 59 heavy (non-hydrogen) atoms. The molecule has 14 heteroatoms. The highest BCUT2D eigenvalue weighted by Crippen LogP contribution is 2.43. The number of unbranched alkanes of at least 4 members (excludes halogenated alkanes) is 19. The fourth-order valence-electron chi connectivity index (χ4n) is 7.57. The summed E-state index contributed by atoms with van der Waals surface area (Å²) in [7, 11) is -4.47. The van der Waals surface area contributed by atoms with Crippen LogP contribution in [0.5, 0.6) is 0 Å². The molecule has 1 saturated carbocycles. The van der Waals surface area contributed by atoms with Crippen molar-refractivity contribution in [3.05, 3.63) is 12.2 Å². The largest absolute Gasteiger partial charge is 0.472 e. The molecule has 6 N–H and O–H groups in total. The summed E-state index contributed by atoms with van der Waals surface area (Å²) < 4.78 is 32.7. The van der Waals surface area contributed by atoms with E-state index < -0.39 is 62.6 Å². The molecule has 1 aliphatic carbocycles. The first-order chi connectivity index (χ1) is 28.4. The minimum atomic E-state index is -4.47. The summed E-state index contributed by atoms with van der Waals surface area (Å²) in [6, 6.07) is 0. The van der Waals surface area contributed by atoms with Crippen molar-refractivity contribution in [3.8, 4) is 0 Å². The van der Waals surface area contributed by atoms with Gasteiger partial charge in [0.1, 0.15) is 12.4 Å². The number of hydrogen-bond donors (Lipinski definition) is 5. The highest BCUT2D eigenvalue weighted by molar-refractivity contribution is 7.47. The zero-order chi connectivity index (χ0) is 43.6. The average molecular weight is 862 g/mol. The van der Waals surface area contributed by atoms with Crippen LogP contribution in [0.4, 0.5) is 0 Å².